The smallest absolute Gasteiger partial charge is 0.227 e. The number of pyridine rings is 1. The molecule has 144 valence electrons. The molecule has 0 atom stereocenters. The molecule has 0 bridgehead atoms. The Labute approximate surface area is 169 Å². The molecular formula is C23H21N5O. The molecule has 1 aliphatic heterocycles. The molecule has 1 fully saturated rings. The number of rotatable bonds is 4. The lowest BCUT2D eigenvalue weighted by atomic mass is 10.1. The molecule has 0 unspecified atom stereocenters. The van der Waals surface area contributed by atoms with Crippen molar-refractivity contribution < 1.29 is 4.74 Å². The van der Waals surface area contributed by atoms with E-state index in [9.17, 15) is 0 Å². The third-order valence-corrected chi connectivity index (χ3v) is 5.09. The first-order valence-corrected chi connectivity index (χ1v) is 9.72. The van der Waals surface area contributed by atoms with Gasteiger partial charge in [0.1, 0.15) is 0 Å². The Morgan fingerprint density at radius 1 is 0.862 bits per heavy atom. The molecule has 1 aliphatic rings. The number of fused-ring (bicyclic) bond motifs is 1. The second-order valence-corrected chi connectivity index (χ2v) is 6.97. The lowest BCUT2D eigenvalue weighted by Crippen LogP contribution is -2.36. The van der Waals surface area contributed by atoms with Crippen LogP contribution < -0.4 is 10.2 Å². The highest BCUT2D eigenvalue weighted by Crippen LogP contribution is 2.25. The Hall–Kier alpha value is -3.51. The van der Waals surface area contributed by atoms with Gasteiger partial charge in [-0.25, -0.2) is 9.97 Å². The second kappa shape index (κ2) is 7.85. The molecule has 3 heterocycles. The topological polar surface area (TPSA) is 63.2 Å². The Morgan fingerprint density at radius 2 is 1.66 bits per heavy atom. The van der Waals surface area contributed by atoms with Gasteiger partial charge in [0.25, 0.3) is 0 Å². The van der Waals surface area contributed by atoms with E-state index < -0.39 is 0 Å². The lowest BCUT2D eigenvalue weighted by molar-refractivity contribution is 0.122. The van der Waals surface area contributed by atoms with Crippen molar-refractivity contribution in [3.05, 3.63) is 73.2 Å². The molecule has 0 radical (unpaired) electrons. The molecule has 5 rings (SSSR count). The monoisotopic (exact) mass is 383 g/mol. The number of benzene rings is 2. The van der Waals surface area contributed by atoms with Crippen molar-refractivity contribution in [3.8, 4) is 11.1 Å². The highest BCUT2D eigenvalue weighted by molar-refractivity contribution is 5.84. The maximum absolute atomic E-state index is 5.42. The summed E-state index contributed by atoms with van der Waals surface area (Å²) < 4.78 is 5.42. The molecule has 29 heavy (non-hydrogen) atoms. The summed E-state index contributed by atoms with van der Waals surface area (Å²) in [6.07, 6.45) is 5.46. The van der Waals surface area contributed by atoms with Gasteiger partial charge in [-0.15, -0.1) is 0 Å². The van der Waals surface area contributed by atoms with Crippen LogP contribution in [0, 0.1) is 0 Å². The minimum Gasteiger partial charge on any atom is -0.378 e. The van der Waals surface area contributed by atoms with Crippen LogP contribution in [-0.2, 0) is 4.74 Å². The zero-order valence-corrected chi connectivity index (χ0v) is 16.0. The third kappa shape index (κ3) is 3.88. The summed E-state index contributed by atoms with van der Waals surface area (Å²) >= 11 is 0. The molecule has 4 aromatic rings. The number of morpholine rings is 1. The molecule has 0 aliphatic carbocycles. The van der Waals surface area contributed by atoms with Crippen LogP contribution in [0.1, 0.15) is 0 Å². The van der Waals surface area contributed by atoms with Gasteiger partial charge in [0.2, 0.25) is 5.95 Å². The van der Waals surface area contributed by atoms with Gasteiger partial charge in [-0.05, 0) is 59.7 Å². The van der Waals surface area contributed by atoms with Gasteiger partial charge in [0, 0.05) is 48.4 Å². The SMILES string of the molecule is c1cc(-c2ccc3nc(Nc4ccc(N5CCOCC5)cc4)ncc3c2)ccn1. The van der Waals surface area contributed by atoms with Crippen molar-refractivity contribution in [2.75, 3.05) is 36.5 Å². The first-order valence-electron chi connectivity index (χ1n) is 9.72. The van der Waals surface area contributed by atoms with Gasteiger partial charge >= 0.3 is 0 Å². The van der Waals surface area contributed by atoms with Crippen LogP contribution in [0.5, 0.6) is 0 Å². The first-order chi connectivity index (χ1) is 14.3. The highest BCUT2D eigenvalue weighted by Gasteiger charge is 2.11. The summed E-state index contributed by atoms with van der Waals surface area (Å²) in [5, 5.41) is 4.31. The molecule has 6 heteroatoms. The van der Waals surface area contributed by atoms with E-state index in [1.54, 1.807) is 12.4 Å². The van der Waals surface area contributed by atoms with Crippen molar-refractivity contribution in [2.24, 2.45) is 0 Å². The molecule has 2 aromatic carbocycles. The van der Waals surface area contributed by atoms with Crippen molar-refractivity contribution in [1.29, 1.82) is 0 Å². The third-order valence-electron chi connectivity index (χ3n) is 5.09. The number of nitrogens with one attached hydrogen (secondary N) is 1. The molecule has 0 spiro atoms. The Morgan fingerprint density at radius 3 is 2.45 bits per heavy atom. The van der Waals surface area contributed by atoms with Gasteiger partial charge in [-0.2, -0.15) is 0 Å². The number of ether oxygens (including phenoxy) is 1. The largest absolute Gasteiger partial charge is 0.378 e. The van der Waals surface area contributed by atoms with Crippen molar-refractivity contribution in [3.63, 3.8) is 0 Å². The van der Waals surface area contributed by atoms with E-state index in [1.807, 2.05) is 24.4 Å². The van der Waals surface area contributed by atoms with Crippen molar-refractivity contribution in [2.45, 2.75) is 0 Å². The maximum Gasteiger partial charge on any atom is 0.227 e. The van der Waals surface area contributed by atoms with Crippen molar-refractivity contribution in [1.82, 2.24) is 15.0 Å². The fourth-order valence-corrected chi connectivity index (χ4v) is 3.52. The number of hydrogen-bond donors (Lipinski definition) is 1. The summed E-state index contributed by atoms with van der Waals surface area (Å²) in [5.74, 6) is 0.591. The molecule has 0 saturated carbocycles. The minimum atomic E-state index is 0.591. The normalized spacial score (nSPS) is 14.1. The van der Waals surface area contributed by atoms with Crippen LogP contribution in [0.3, 0.4) is 0 Å². The van der Waals surface area contributed by atoms with Gasteiger partial charge in [0.15, 0.2) is 0 Å². The number of anilines is 3. The van der Waals surface area contributed by atoms with Gasteiger partial charge < -0.3 is 15.0 Å². The Kier molecular flexibility index (Phi) is 4.76. The number of hydrogen-bond acceptors (Lipinski definition) is 6. The van der Waals surface area contributed by atoms with Gasteiger partial charge in [-0.3, -0.25) is 4.98 Å². The summed E-state index contributed by atoms with van der Waals surface area (Å²) in [7, 11) is 0. The zero-order chi connectivity index (χ0) is 19.5. The second-order valence-electron chi connectivity index (χ2n) is 6.97. The molecule has 6 nitrogen and oxygen atoms in total. The van der Waals surface area contributed by atoms with Crippen LogP contribution in [0.25, 0.3) is 22.0 Å². The lowest BCUT2D eigenvalue weighted by Gasteiger charge is -2.28. The number of nitrogens with zero attached hydrogens (tertiary/aromatic N) is 4. The standard InChI is InChI=1S/C23H21N5O/c1-6-22-19(15-18(1)17-7-9-24-10-8-17)16-25-23(27-22)26-20-2-4-21(5-3-20)28-11-13-29-14-12-28/h1-10,15-16H,11-14H2,(H,25,26,27). The van der Waals surface area contributed by atoms with Crippen LogP contribution in [0.2, 0.25) is 0 Å². The molecular weight excluding hydrogens is 362 g/mol. The van der Waals surface area contributed by atoms with Gasteiger partial charge in [0.05, 0.1) is 18.7 Å². The Bertz CT molecular complexity index is 1110. The van der Waals surface area contributed by atoms with Crippen molar-refractivity contribution >= 4 is 28.2 Å². The van der Waals surface area contributed by atoms with E-state index in [0.717, 1.165) is 54.0 Å². The molecule has 1 N–H and O–H groups in total. The summed E-state index contributed by atoms with van der Waals surface area (Å²) in [4.78, 5) is 15.6. The fraction of sp³-hybridized carbons (Fsp3) is 0.174. The Balaban J connectivity index is 1.34. The first kappa shape index (κ1) is 17.6. The summed E-state index contributed by atoms with van der Waals surface area (Å²) in [6.45, 7) is 3.44. The average Bonchev–Trinajstić information content (AvgIpc) is 2.80. The van der Waals surface area contributed by atoms with E-state index in [-0.39, 0.29) is 0 Å². The predicted octanol–water partition coefficient (Wildman–Crippen LogP) is 4.27. The molecule has 2 aromatic heterocycles. The van der Waals surface area contributed by atoms with E-state index >= 15 is 0 Å². The predicted molar refractivity (Wildman–Crippen MR) is 116 cm³/mol. The van der Waals surface area contributed by atoms with Crippen LogP contribution >= 0.6 is 0 Å². The fourth-order valence-electron chi connectivity index (χ4n) is 3.52. The van der Waals surface area contributed by atoms with Crippen LogP contribution in [0.15, 0.2) is 73.2 Å². The summed E-state index contributed by atoms with van der Waals surface area (Å²) in [6, 6.07) is 18.6. The average molecular weight is 383 g/mol. The van der Waals surface area contributed by atoms with Gasteiger partial charge in [-0.1, -0.05) is 6.07 Å². The quantitative estimate of drug-likeness (QED) is 0.568. The van der Waals surface area contributed by atoms with E-state index in [1.165, 1.54) is 5.69 Å². The van der Waals surface area contributed by atoms with E-state index in [4.69, 9.17) is 4.74 Å². The highest BCUT2D eigenvalue weighted by atomic mass is 16.5. The van der Waals surface area contributed by atoms with E-state index in [2.05, 4.69) is 61.6 Å². The minimum absolute atomic E-state index is 0.591. The molecule has 0 amide bonds. The molecule has 1 saturated heterocycles. The van der Waals surface area contributed by atoms with Crippen LogP contribution in [0.4, 0.5) is 17.3 Å². The van der Waals surface area contributed by atoms with E-state index in [0.29, 0.717) is 5.95 Å². The summed E-state index contributed by atoms with van der Waals surface area (Å²) in [5.41, 5.74) is 5.34. The maximum atomic E-state index is 5.42. The van der Waals surface area contributed by atoms with Crippen LogP contribution in [-0.4, -0.2) is 41.3 Å². The number of aromatic nitrogens is 3. The zero-order valence-electron chi connectivity index (χ0n) is 16.0.